The van der Waals surface area contributed by atoms with Gasteiger partial charge < -0.3 is 4.74 Å². The van der Waals surface area contributed by atoms with Crippen LogP contribution >= 0.6 is 0 Å². The van der Waals surface area contributed by atoms with E-state index in [1.807, 2.05) is 49.4 Å². The van der Waals surface area contributed by atoms with Crippen LogP contribution in [0.15, 0.2) is 78.3 Å². The molecule has 0 bridgehead atoms. The molecule has 0 saturated heterocycles. The molecule has 22 heavy (non-hydrogen) atoms. The minimum Gasteiger partial charge on any atom is -0.439 e. The summed E-state index contributed by atoms with van der Waals surface area (Å²) in [5.41, 5.74) is 1.34. The highest BCUT2D eigenvalue weighted by molar-refractivity contribution is 6.05. The number of hydrogen-bond acceptors (Lipinski definition) is 3. The van der Waals surface area contributed by atoms with Crippen molar-refractivity contribution in [2.24, 2.45) is 4.99 Å². The average Bonchev–Trinajstić information content (AvgIpc) is 2.53. The summed E-state index contributed by atoms with van der Waals surface area (Å²) in [5.74, 6) is 1.00. The van der Waals surface area contributed by atoms with E-state index in [0.717, 1.165) is 5.69 Å². The third kappa shape index (κ3) is 4.52. The minimum atomic E-state index is 0.0448. The van der Waals surface area contributed by atoms with Crippen LogP contribution in [0.4, 0.5) is 0 Å². The smallest absolute Gasteiger partial charge is 0.221 e. The maximum absolute atomic E-state index is 8.07. The molecule has 0 radical (unpaired) electrons. The van der Waals surface area contributed by atoms with Gasteiger partial charge >= 0.3 is 0 Å². The Morgan fingerprint density at radius 3 is 2.64 bits per heavy atom. The lowest BCUT2D eigenvalue weighted by molar-refractivity contribution is 0.556. The Kier molecular flexibility index (Phi) is 5.37. The first kappa shape index (κ1) is 15.4. The number of rotatable bonds is 4. The van der Waals surface area contributed by atoms with Crippen molar-refractivity contribution in [2.75, 3.05) is 0 Å². The third-order valence-corrected chi connectivity index (χ3v) is 2.69. The number of para-hydroxylation sites is 1. The predicted molar refractivity (Wildman–Crippen MR) is 89.6 cm³/mol. The summed E-state index contributed by atoms with van der Waals surface area (Å²) in [6.45, 7) is 5.50. The van der Waals surface area contributed by atoms with E-state index in [-0.39, 0.29) is 5.84 Å². The van der Waals surface area contributed by atoms with E-state index in [2.05, 4.69) is 16.6 Å². The van der Waals surface area contributed by atoms with E-state index < -0.39 is 0 Å². The number of benzene rings is 1. The molecule has 1 aromatic heterocycles. The fraction of sp³-hybridized carbons (Fsp3) is 0.0556. The van der Waals surface area contributed by atoms with E-state index in [9.17, 15) is 0 Å². The normalized spacial score (nSPS) is 11.4. The zero-order valence-corrected chi connectivity index (χ0v) is 12.4. The van der Waals surface area contributed by atoms with Crippen LogP contribution in [0.25, 0.3) is 0 Å². The van der Waals surface area contributed by atoms with Crippen molar-refractivity contribution in [3.05, 3.63) is 84.7 Å². The second-order valence-corrected chi connectivity index (χ2v) is 4.47. The standard InChI is InChI=1S/C18H17N3O/c1-3-4-13-17(22-15-10-6-5-7-11-15)21-18(19)16-12-8-9-14(2)20-16/h3-13,19H,1H2,2H3/b13-4+,19-18?,21-17?. The highest BCUT2D eigenvalue weighted by atomic mass is 16.5. The van der Waals surface area contributed by atoms with Gasteiger partial charge in [-0.3, -0.25) is 5.41 Å². The first-order chi connectivity index (χ1) is 10.7. The molecule has 0 saturated carbocycles. The van der Waals surface area contributed by atoms with Gasteiger partial charge in [0.2, 0.25) is 5.90 Å². The van der Waals surface area contributed by atoms with Crippen molar-refractivity contribution >= 4 is 11.7 Å². The summed E-state index contributed by atoms with van der Waals surface area (Å²) in [7, 11) is 0. The first-order valence-corrected chi connectivity index (χ1v) is 6.82. The molecule has 0 spiro atoms. The number of nitrogens with zero attached hydrogens (tertiary/aromatic N) is 2. The Morgan fingerprint density at radius 1 is 1.18 bits per heavy atom. The van der Waals surface area contributed by atoms with Gasteiger partial charge in [0.05, 0.1) is 0 Å². The summed E-state index contributed by atoms with van der Waals surface area (Å²) in [4.78, 5) is 8.48. The lowest BCUT2D eigenvalue weighted by Gasteiger charge is -2.06. The van der Waals surface area contributed by atoms with Gasteiger partial charge in [-0.25, -0.2) is 4.98 Å². The van der Waals surface area contributed by atoms with Crippen molar-refractivity contribution in [1.29, 1.82) is 5.41 Å². The predicted octanol–water partition coefficient (Wildman–Crippen LogP) is 3.94. The summed E-state index contributed by atoms with van der Waals surface area (Å²) >= 11 is 0. The van der Waals surface area contributed by atoms with E-state index in [1.165, 1.54) is 0 Å². The maximum Gasteiger partial charge on any atom is 0.221 e. The van der Waals surface area contributed by atoms with E-state index in [0.29, 0.717) is 17.3 Å². The van der Waals surface area contributed by atoms with Crippen molar-refractivity contribution < 1.29 is 4.74 Å². The molecule has 0 unspecified atom stereocenters. The SMILES string of the molecule is C=C/C=C/C(=NC(=N)c1cccc(C)n1)Oc1ccccc1. The van der Waals surface area contributed by atoms with Crippen LogP contribution in [0.3, 0.4) is 0 Å². The summed E-state index contributed by atoms with van der Waals surface area (Å²) in [5, 5.41) is 8.07. The Hall–Kier alpha value is -3.01. The quantitative estimate of drug-likeness (QED) is 0.527. The van der Waals surface area contributed by atoms with Gasteiger partial charge in [0.1, 0.15) is 11.4 Å². The van der Waals surface area contributed by atoms with E-state index in [1.54, 1.807) is 24.3 Å². The number of ether oxygens (including phenoxy) is 1. The Labute approximate surface area is 130 Å². The van der Waals surface area contributed by atoms with Crippen molar-refractivity contribution in [3.63, 3.8) is 0 Å². The van der Waals surface area contributed by atoms with Gasteiger partial charge in [-0.1, -0.05) is 43.0 Å². The number of aliphatic imine (C=N–C) groups is 1. The molecule has 1 aromatic carbocycles. The highest BCUT2D eigenvalue weighted by Crippen LogP contribution is 2.10. The van der Waals surface area contributed by atoms with Crippen LogP contribution in [0.5, 0.6) is 5.75 Å². The molecular formula is C18H17N3O. The number of amidine groups is 1. The molecule has 2 rings (SSSR count). The van der Waals surface area contributed by atoms with Gasteiger partial charge in [-0.2, -0.15) is 4.99 Å². The molecule has 0 atom stereocenters. The second kappa shape index (κ2) is 7.69. The Balaban J connectivity index is 2.26. The van der Waals surface area contributed by atoms with Crippen LogP contribution in [-0.4, -0.2) is 16.7 Å². The molecule has 2 aromatic rings. The first-order valence-electron chi connectivity index (χ1n) is 6.82. The van der Waals surface area contributed by atoms with Gasteiger partial charge in [0, 0.05) is 11.8 Å². The molecule has 0 fully saturated rings. The van der Waals surface area contributed by atoms with Crippen LogP contribution in [0, 0.1) is 12.3 Å². The molecular weight excluding hydrogens is 274 g/mol. The molecule has 0 amide bonds. The zero-order chi connectivity index (χ0) is 15.8. The van der Waals surface area contributed by atoms with Gasteiger partial charge in [-0.05, 0) is 31.2 Å². The number of aromatic nitrogens is 1. The lowest BCUT2D eigenvalue weighted by atomic mass is 10.3. The monoisotopic (exact) mass is 291 g/mol. The molecule has 1 N–H and O–H groups in total. The van der Waals surface area contributed by atoms with Crippen molar-refractivity contribution in [3.8, 4) is 5.75 Å². The zero-order valence-electron chi connectivity index (χ0n) is 12.4. The molecule has 1 heterocycles. The van der Waals surface area contributed by atoms with Gasteiger partial charge in [0.25, 0.3) is 0 Å². The average molecular weight is 291 g/mol. The van der Waals surface area contributed by atoms with Crippen LogP contribution in [0.1, 0.15) is 11.4 Å². The minimum absolute atomic E-state index is 0.0448. The third-order valence-electron chi connectivity index (χ3n) is 2.69. The van der Waals surface area contributed by atoms with Crippen LogP contribution < -0.4 is 4.74 Å². The van der Waals surface area contributed by atoms with Gasteiger partial charge in [0.15, 0.2) is 5.84 Å². The lowest BCUT2D eigenvalue weighted by Crippen LogP contribution is -2.10. The Morgan fingerprint density at radius 2 is 1.95 bits per heavy atom. The topological polar surface area (TPSA) is 58.3 Å². The molecule has 4 heteroatoms. The fourth-order valence-electron chi connectivity index (χ4n) is 1.70. The van der Waals surface area contributed by atoms with E-state index >= 15 is 0 Å². The Bertz CT molecular complexity index is 718. The summed E-state index contributed by atoms with van der Waals surface area (Å²) < 4.78 is 5.69. The van der Waals surface area contributed by atoms with Crippen LogP contribution in [-0.2, 0) is 0 Å². The molecule has 110 valence electrons. The fourth-order valence-corrected chi connectivity index (χ4v) is 1.70. The van der Waals surface area contributed by atoms with Crippen molar-refractivity contribution in [1.82, 2.24) is 4.98 Å². The maximum atomic E-state index is 8.07. The summed E-state index contributed by atoms with van der Waals surface area (Å²) in [6, 6.07) is 14.8. The number of hydrogen-bond donors (Lipinski definition) is 1. The molecule has 0 aliphatic rings. The summed E-state index contributed by atoms with van der Waals surface area (Å²) in [6.07, 6.45) is 4.99. The number of nitrogens with one attached hydrogen (secondary N) is 1. The molecule has 4 nitrogen and oxygen atoms in total. The second-order valence-electron chi connectivity index (χ2n) is 4.47. The van der Waals surface area contributed by atoms with Crippen molar-refractivity contribution in [2.45, 2.75) is 6.92 Å². The van der Waals surface area contributed by atoms with Gasteiger partial charge in [-0.15, -0.1) is 0 Å². The number of aryl methyl sites for hydroxylation is 1. The molecule has 0 aliphatic carbocycles. The van der Waals surface area contributed by atoms with Crippen LogP contribution in [0.2, 0.25) is 0 Å². The number of allylic oxidation sites excluding steroid dienone is 2. The largest absolute Gasteiger partial charge is 0.439 e. The van der Waals surface area contributed by atoms with E-state index in [4.69, 9.17) is 10.1 Å². The highest BCUT2D eigenvalue weighted by Gasteiger charge is 2.05. The number of pyridine rings is 1. The molecule has 0 aliphatic heterocycles.